The Kier molecular flexibility index (Phi) is 5.22. The summed E-state index contributed by atoms with van der Waals surface area (Å²) in [6, 6.07) is 8.39. The van der Waals surface area contributed by atoms with Crippen molar-refractivity contribution in [2.24, 2.45) is 0 Å². The first kappa shape index (κ1) is 15.5. The van der Waals surface area contributed by atoms with E-state index in [1.54, 1.807) is 0 Å². The minimum absolute atomic E-state index is 0.336. The molecule has 0 fully saturated rings. The Morgan fingerprint density at radius 1 is 1.15 bits per heavy atom. The average molecular weight is 353 g/mol. The number of hydrogen-bond donors (Lipinski definition) is 0. The lowest BCUT2D eigenvalue weighted by Crippen LogP contribution is -2.02. The highest BCUT2D eigenvalue weighted by Crippen LogP contribution is 2.34. The van der Waals surface area contributed by atoms with Gasteiger partial charge in [-0.25, -0.2) is 0 Å². The maximum absolute atomic E-state index is 6.09. The quantitative estimate of drug-likeness (QED) is 0.586. The van der Waals surface area contributed by atoms with Crippen molar-refractivity contribution in [3.8, 4) is 0 Å². The van der Waals surface area contributed by atoms with E-state index in [0.717, 1.165) is 22.3 Å². The Bertz CT molecular complexity index is 556. The molecule has 0 spiro atoms. The largest absolute Gasteiger partial charge is 0.259 e. The van der Waals surface area contributed by atoms with Crippen molar-refractivity contribution >= 4 is 27.5 Å². The minimum Gasteiger partial charge on any atom is -0.259 e. The molecule has 0 radical (unpaired) electrons. The van der Waals surface area contributed by atoms with E-state index in [1.165, 1.54) is 22.4 Å². The molecule has 0 N–H and O–H groups in total. The van der Waals surface area contributed by atoms with Crippen molar-refractivity contribution in [3.05, 3.63) is 62.3 Å². The second-order valence-electron chi connectivity index (χ2n) is 4.76. The van der Waals surface area contributed by atoms with E-state index >= 15 is 0 Å². The van der Waals surface area contributed by atoms with Crippen molar-refractivity contribution in [2.45, 2.75) is 39.5 Å². The van der Waals surface area contributed by atoms with Crippen LogP contribution in [0.2, 0.25) is 5.02 Å². The highest BCUT2D eigenvalue weighted by atomic mass is 79.9. The molecule has 2 aromatic rings. The highest BCUT2D eigenvalue weighted by Gasteiger charge is 2.21. The van der Waals surface area contributed by atoms with Gasteiger partial charge in [-0.3, -0.25) is 4.98 Å². The lowest BCUT2D eigenvalue weighted by molar-refractivity contribution is 0.858. The first-order valence-corrected chi connectivity index (χ1v) is 8.25. The van der Waals surface area contributed by atoms with E-state index < -0.39 is 0 Å². The fourth-order valence-electron chi connectivity index (χ4n) is 2.71. The summed E-state index contributed by atoms with van der Waals surface area (Å²) in [7, 11) is 0. The van der Waals surface area contributed by atoms with Gasteiger partial charge in [0, 0.05) is 21.6 Å². The van der Waals surface area contributed by atoms with Crippen molar-refractivity contribution in [2.75, 3.05) is 0 Å². The normalized spacial score (nSPS) is 16.4. The first-order valence-electron chi connectivity index (χ1n) is 7.08. The molecule has 0 saturated heterocycles. The molecule has 3 rings (SSSR count). The van der Waals surface area contributed by atoms with E-state index in [-0.39, 0.29) is 0 Å². The lowest BCUT2D eigenvalue weighted by atomic mass is 9.93. The van der Waals surface area contributed by atoms with E-state index in [2.05, 4.69) is 46.0 Å². The maximum atomic E-state index is 6.09. The number of fused-ring (bicyclic) bond motifs is 2. The zero-order chi connectivity index (χ0) is 14.7. The van der Waals surface area contributed by atoms with Crippen LogP contribution in [0.5, 0.6) is 0 Å². The van der Waals surface area contributed by atoms with E-state index in [1.807, 2.05) is 26.1 Å². The third-order valence-corrected chi connectivity index (χ3v) is 4.28. The van der Waals surface area contributed by atoms with Gasteiger partial charge < -0.3 is 0 Å². The molecule has 1 unspecified atom stereocenters. The van der Waals surface area contributed by atoms with Gasteiger partial charge in [0.2, 0.25) is 0 Å². The van der Waals surface area contributed by atoms with Crippen molar-refractivity contribution in [1.82, 2.24) is 4.98 Å². The Balaban J connectivity index is 0.000000704. The number of halogens is 2. The van der Waals surface area contributed by atoms with Gasteiger partial charge in [-0.05, 0) is 63.7 Å². The first-order chi connectivity index (χ1) is 9.65. The average Bonchev–Trinajstić information content (AvgIpc) is 2.59. The third-order valence-electron chi connectivity index (χ3n) is 3.61. The number of hydrogen-bond acceptors (Lipinski definition) is 1. The molecule has 0 amide bonds. The Hall–Kier alpha value is -0.860. The molecule has 20 heavy (non-hydrogen) atoms. The van der Waals surface area contributed by atoms with Gasteiger partial charge in [0.25, 0.3) is 0 Å². The third kappa shape index (κ3) is 3.07. The molecule has 1 heterocycles. The summed E-state index contributed by atoms with van der Waals surface area (Å²) in [6.45, 7) is 6.22. The summed E-state index contributed by atoms with van der Waals surface area (Å²) >= 11 is 9.59. The number of benzene rings is 1. The van der Waals surface area contributed by atoms with Crippen LogP contribution in [0.1, 0.15) is 49.1 Å². The van der Waals surface area contributed by atoms with Gasteiger partial charge in [0.15, 0.2) is 0 Å². The molecular formula is C17H19BrClN. The zero-order valence-electron chi connectivity index (χ0n) is 12.1. The van der Waals surface area contributed by atoms with Gasteiger partial charge in [-0.2, -0.15) is 0 Å². The number of aromatic nitrogens is 1. The van der Waals surface area contributed by atoms with Crippen LogP contribution in [0.3, 0.4) is 0 Å². The molecule has 1 aromatic carbocycles. The smallest absolute Gasteiger partial charge is 0.0508 e. The van der Waals surface area contributed by atoms with Crippen LogP contribution in [0.15, 0.2) is 34.9 Å². The highest BCUT2D eigenvalue weighted by molar-refractivity contribution is 9.10. The molecule has 0 aliphatic heterocycles. The fraction of sp³-hybridized carbons (Fsp3) is 0.353. The molecule has 1 atom stereocenters. The van der Waals surface area contributed by atoms with Crippen molar-refractivity contribution in [1.29, 1.82) is 0 Å². The summed E-state index contributed by atoms with van der Waals surface area (Å²) in [6.07, 6.45) is 3.95. The molecule has 106 valence electrons. The maximum Gasteiger partial charge on any atom is 0.0508 e. The second kappa shape index (κ2) is 6.73. The van der Waals surface area contributed by atoms with Gasteiger partial charge in [-0.15, -0.1) is 0 Å². The molecule has 1 aliphatic rings. The van der Waals surface area contributed by atoms with Crippen LogP contribution < -0.4 is 0 Å². The van der Waals surface area contributed by atoms with Crippen molar-refractivity contribution < 1.29 is 0 Å². The second-order valence-corrected chi connectivity index (χ2v) is 6.11. The molecule has 3 heteroatoms. The molecule has 1 nitrogen and oxygen atoms in total. The van der Waals surface area contributed by atoms with Crippen LogP contribution >= 0.6 is 27.5 Å². The van der Waals surface area contributed by atoms with Crippen molar-refractivity contribution in [3.63, 3.8) is 0 Å². The lowest BCUT2D eigenvalue weighted by Gasteiger charge is -2.14. The molecule has 0 saturated carbocycles. The van der Waals surface area contributed by atoms with Crippen LogP contribution in [0.25, 0.3) is 0 Å². The summed E-state index contributed by atoms with van der Waals surface area (Å²) in [5.74, 6) is 0.336. The van der Waals surface area contributed by atoms with Gasteiger partial charge in [0.1, 0.15) is 0 Å². The number of rotatable bonds is 0. The Morgan fingerprint density at radius 3 is 2.60 bits per heavy atom. The summed E-state index contributed by atoms with van der Waals surface area (Å²) in [5, 5.41) is 0.820. The monoisotopic (exact) mass is 351 g/mol. The van der Waals surface area contributed by atoms with Crippen LogP contribution in [0.4, 0.5) is 0 Å². The SMILES string of the molecule is CC.CC1c2ccc(Cl)cc2CCc2cc(Br)cnc21. The van der Waals surface area contributed by atoms with Crippen LogP contribution in [-0.4, -0.2) is 4.98 Å². The number of aryl methyl sites for hydroxylation is 2. The summed E-state index contributed by atoms with van der Waals surface area (Å²) in [4.78, 5) is 4.60. The Labute approximate surface area is 134 Å². The predicted octanol–water partition coefficient (Wildman–Crippen LogP) is 5.77. The number of nitrogens with zero attached hydrogens (tertiary/aromatic N) is 1. The molecule has 1 aliphatic carbocycles. The number of pyridine rings is 1. The zero-order valence-corrected chi connectivity index (χ0v) is 14.4. The van der Waals surface area contributed by atoms with Gasteiger partial charge in [-0.1, -0.05) is 38.4 Å². The standard InChI is InChI=1S/C15H13BrClN.C2H6/c1-9-14-5-4-13(17)7-10(14)2-3-11-6-12(16)8-18-15(9)11;1-2/h4-9H,2-3H2,1H3;1-2H3. The van der Waals surface area contributed by atoms with Gasteiger partial charge in [0.05, 0.1) is 5.69 Å². The fourth-order valence-corrected chi connectivity index (χ4v) is 3.29. The van der Waals surface area contributed by atoms with Crippen LogP contribution in [0, 0.1) is 0 Å². The van der Waals surface area contributed by atoms with Crippen LogP contribution in [-0.2, 0) is 12.8 Å². The molecule has 0 bridgehead atoms. The predicted molar refractivity (Wildman–Crippen MR) is 89.7 cm³/mol. The van der Waals surface area contributed by atoms with E-state index in [0.29, 0.717) is 5.92 Å². The van der Waals surface area contributed by atoms with Gasteiger partial charge >= 0.3 is 0 Å². The van der Waals surface area contributed by atoms with E-state index in [9.17, 15) is 0 Å². The molecular weight excluding hydrogens is 334 g/mol. The summed E-state index contributed by atoms with van der Waals surface area (Å²) in [5.41, 5.74) is 5.24. The molecule has 1 aromatic heterocycles. The minimum atomic E-state index is 0.336. The van der Waals surface area contributed by atoms with E-state index in [4.69, 9.17) is 11.6 Å². The summed E-state index contributed by atoms with van der Waals surface area (Å²) < 4.78 is 1.05. The Morgan fingerprint density at radius 2 is 1.85 bits per heavy atom. The topological polar surface area (TPSA) is 12.9 Å².